The van der Waals surface area contributed by atoms with E-state index in [-0.39, 0.29) is 0 Å². The lowest BCUT2D eigenvalue weighted by molar-refractivity contribution is -0.127. The summed E-state index contributed by atoms with van der Waals surface area (Å²) >= 11 is 23.2. The van der Waals surface area contributed by atoms with E-state index in [0.717, 1.165) is 4.70 Å². The summed E-state index contributed by atoms with van der Waals surface area (Å²) < 4.78 is 3.36. The first-order chi connectivity index (χ1) is 11.1. The summed E-state index contributed by atoms with van der Waals surface area (Å²) in [6.45, 7) is 0. The molecule has 0 saturated carbocycles. The molecule has 128 valence electrons. The maximum Gasteiger partial charge on any atom is 0.415 e. The fourth-order valence-electron chi connectivity index (χ4n) is 1.80. The highest BCUT2D eigenvalue weighted by Gasteiger charge is 2.34. The van der Waals surface area contributed by atoms with Crippen LogP contribution in [0.4, 0.5) is 4.79 Å². The summed E-state index contributed by atoms with van der Waals surface area (Å²) in [6, 6.07) is 5.03. The topological polar surface area (TPSA) is 98.5 Å². The zero-order valence-electron chi connectivity index (χ0n) is 11.5. The number of carbonyl (C=O) groups is 3. The third-order valence-electron chi connectivity index (χ3n) is 2.80. The van der Waals surface area contributed by atoms with Gasteiger partial charge in [0.25, 0.3) is 15.6 Å². The molecule has 3 amide bonds. The number of halogens is 4. The Labute approximate surface area is 159 Å². The normalized spacial score (nSPS) is 12.7. The van der Waals surface area contributed by atoms with Gasteiger partial charge >= 0.3 is 6.09 Å². The highest BCUT2D eigenvalue weighted by Crippen LogP contribution is 2.34. The van der Waals surface area contributed by atoms with E-state index in [1.807, 2.05) is 0 Å². The smallest absolute Gasteiger partial charge is 0.415 e. The average Bonchev–Trinajstić information content (AvgIpc) is 2.86. The van der Waals surface area contributed by atoms with Crippen molar-refractivity contribution >= 4 is 85.7 Å². The number of hydrogen-bond donors (Lipinski definition) is 2. The summed E-state index contributed by atoms with van der Waals surface area (Å²) in [5.41, 5.74) is 5.62. The second-order valence-corrected chi connectivity index (χ2v) is 8.10. The molecule has 0 aliphatic rings. The number of alkyl carbamates (subject to hydrolysis) is 1. The molecule has 1 atom stereocenters. The lowest BCUT2D eigenvalue weighted by atomic mass is 10.1. The summed E-state index contributed by atoms with van der Waals surface area (Å²) in [5, 5.41) is 4.32. The number of imide groups is 1. The van der Waals surface area contributed by atoms with Crippen LogP contribution in [0, 0.1) is 0 Å². The number of hydrogen-bond acceptors (Lipinski definition) is 5. The Morgan fingerprint density at radius 2 is 1.92 bits per heavy atom. The van der Waals surface area contributed by atoms with Crippen LogP contribution in [0.25, 0.3) is 10.1 Å². The second-order valence-electron chi connectivity index (χ2n) is 4.47. The highest BCUT2D eigenvalue weighted by molar-refractivity contribution is 7.17. The minimum atomic E-state index is -2.36. The van der Waals surface area contributed by atoms with Crippen LogP contribution in [0.3, 0.4) is 0 Å². The van der Waals surface area contributed by atoms with E-state index in [1.165, 1.54) is 11.3 Å². The molecule has 1 heterocycles. The number of thiophene rings is 1. The molecule has 0 aliphatic heterocycles. The van der Waals surface area contributed by atoms with E-state index in [1.54, 1.807) is 28.9 Å². The van der Waals surface area contributed by atoms with Crippen LogP contribution >= 0.6 is 57.7 Å². The average molecular weight is 430 g/mol. The maximum atomic E-state index is 11.8. The summed E-state index contributed by atoms with van der Waals surface area (Å²) in [4.78, 5) is 34.9. The molecular formula is C13H8Cl4N2O4S. The fraction of sp³-hybridized carbons (Fsp3) is 0.154. The van der Waals surface area contributed by atoms with Gasteiger partial charge < -0.3 is 10.5 Å². The third kappa shape index (κ3) is 4.43. The van der Waals surface area contributed by atoms with Crippen LogP contribution in [-0.2, 0) is 14.3 Å². The van der Waals surface area contributed by atoms with E-state index >= 15 is 0 Å². The van der Waals surface area contributed by atoms with Crippen LogP contribution in [0.15, 0.2) is 23.6 Å². The molecule has 11 heteroatoms. The number of carbonyl (C=O) groups excluding carboxylic acids is 3. The van der Waals surface area contributed by atoms with Gasteiger partial charge in [0, 0.05) is 20.7 Å². The molecule has 0 spiro atoms. The molecule has 2 rings (SSSR count). The van der Waals surface area contributed by atoms with Gasteiger partial charge in [0.15, 0.2) is 0 Å². The van der Waals surface area contributed by atoms with E-state index < -0.39 is 27.8 Å². The number of ether oxygens (including phenoxy) is 1. The monoisotopic (exact) mass is 428 g/mol. The van der Waals surface area contributed by atoms with Gasteiger partial charge in [0.05, 0.1) is 0 Å². The Bertz CT molecular complexity index is 818. The van der Waals surface area contributed by atoms with Crippen molar-refractivity contribution in [1.82, 2.24) is 5.32 Å². The van der Waals surface area contributed by atoms with Crippen molar-refractivity contribution in [1.29, 1.82) is 0 Å². The van der Waals surface area contributed by atoms with Gasteiger partial charge in [0.2, 0.25) is 6.10 Å². The maximum absolute atomic E-state index is 11.8. The molecular weight excluding hydrogens is 422 g/mol. The Kier molecular flexibility index (Phi) is 5.83. The number of amides is 3. The number of alkyl halides is 3. The van der Waals surface area contributed by atoms with Gasteiger partial charge in [-0.15, -0.1) is 11.3 Å². The van der Waals surface area contributed by atoms with Gasteiger partial charge in [0.1, 0.15) is 0 Å². The van der Waals surface area contributed by atoms with Crippen molar-refractivity contribution in [2.24, 2.45) is 5.73 Å². The standard InChI is InChI=1S/C13H8Cl4N2O4S/c14-5-1-2-8-6(3-5)7(4-24-8)9(10(18)20)23-12(22)19-11(21)13(15,16)17/h1-4,9H,(H2,18,20)(H,19,21,22). The molecule has 1 unspecified atom stereocenters. The van der Waals surface area contributed by atoms with Crippen molar-refractivity contribution in [3.05, 3.63) is 34.2 Å². The van der Waals surface area contributed by atoms with Crippen LogP contribution < -0.4 is 11.1 Å². The number of primary amides is 1. The van der Waals surface area contributed by atoms with Gasteiger partial charge in [-0.2, -0.15) is 0 Å². The van der Waals surface area contributed by atoms with Crippen molar-refractivity contribution in [2.75, 3.05) is 0 Å². The SMILES string of the molecule is NC(=O)C(OC(=O)NC(=O)C(Cl)(Cl)Cl)c1csc2ccc(Cl)cc12. The molecule has 24 heavy (non-hydrogen) atoms. The lowest BCUT2D eigenvalue weighted by Gasteiger charge is -2.16. The van der Waals surface area contributed by atoms with E-state index in [0.29, 0.717) is 16.0 Å². The number of fused-ring (bicyclic) bond motifs is 1. The molecule has 1 aromatic heterocycles. The first-order valence-corrected chi connectivity index (χ1v) is 8.53. The summed E-state index contributed by atoms with van der Waals surface area (Å²) in [5.74, 6) is -2.16. The van der Waals surface area contributed by atoms with Crippen LogP contribution in [0.2, 0.25) is 5.02 Å². The van der Waals surface area contributed by atoms with Gasteiger partial charge in [-0.05, 0) is 23.6 Å². The summed E-state index contributed by atoms with van der Waals surface area (Å²) in [6.07, 6.45) is -2.73. The number of benzene rings is 1. The highest BCUT2D eigenvalue weighted by atomic mass is 35.6. The molecule has 0 bridgehead atoms. The van der Waals surface area contributed by atoms with Gasteiger partial charge in [-0.3, -0.25) is 14.9 Å². The van der Waals surface area contributed by atoms with Crippen molar-refractivity contribution in [3.63, 3.8) is 0 Å². The molecule has 0 aliphatic carbocycles. The fourth-order valence-corrected chi connectivity index (χ4v) is 3.07. The number of nitrogens with two attached hydrogens (primary N) is 1. The molecule has 2 aromatic rings. The Morgan fingerprint density at radius 3 is 2.50 bits per heavy atom. The molecule has 1 aromatic carbocycles. The Hall–Kier alpha value is -1.25. The second kappa shape index (κ2) is 7.33. The first kappa shape index (κ1) is 19.1. The van der Waals surface area contributed by atoms with E-state index in [2.05, 4.69) is 0 Å². The predicted molar refractivity (Wildman–Crippen MR) is 93.7 cm³/mol. The minimum absolute atomic E-state index is 0.335. The molecule has 6 nitrogen and oxygen atoms in total. The zero-order valence-corrected chi connectivity index (χ0v) is 15.4. The quantitative estimate of drug-likeness (QED) is 0.726. The zero-order chi connectivity index (χ0) is 18.1. The molecule has 0 radical (unpaired) electrons. The summed E-state index contributed by atoms with van der Waals surface area (Å²) in [7, 11) is 0. The van der Waals surface area contributed by atoms with E-state index in [9.17, 15) is 14.4 Å². The van der Waals surface area contributed by atoms with Crippen molar-refractivity contribution < 1.29 is 19.1 Å². The van der Waals surface area contributed by atoms with Crippen molar-refractivity contribution in [2.45, 2.75) is 9.90 Å². The minimum Gasteiger partial charge on any atom is -0.431 e. The molecule has 3 N–H and O–H groups in total. The van der Waals surface area contributed by atoms with Crippen LogP contribution in [-0.4, -0.2) is 21.7 Å². The Morgan fingerprint density at radius 1 is 1.25 bits per heavy atom. The Balaban J connectivity index is 2.26. The molecule has 0 fully saturated rings. The van der Waals surface area contributed by atoms with Gasteiger partial charge in [-0.1, -0.05) is 46.4 Å². The first-order valence-electron chi connectivity index (χ1n) is 6.14. The molecule has 0 saturated heterocycles. The van der Waals surface area contributed by atoms with Crippen LogP contribution in [0.5, 0.6) is 0 Å². The van der Waals surface area contributed by atoms with E-state index in [4.69, 9.17) is 56.9 Å². The lowest BCUT2D eigenvalue weighted by Crippen LogP contribution is -2.40. The van der Waals surface area contributed by atoms with Crippen LogP contribution in [0.1, 0.15) is 11.7 Å². The van der Waals surface area contributed by atoms with Gasteiger partial charge in [-0.25, -0.2) is 4.79 Å². The van der Waals surface area contributed by atoms with Crippen molar-refractivity contribution in [3.8, 4) is 0 Å². The largest absolute Gasteiger partial charge is 0.431 e. The predicted octanol–water partition coefficient (Wildman–Crippen LogP) is 3.70. The number of nitrogens with one attached hydrogen (secondary N) is 1. The number of rotatable bonds is 3. The third-order valence-corrected chi connectivity index (χ3v) is 4.54.